The van der Waals surface area contributed by atoms with Crippen LogP contribution in [-0.2, 0) is 4.79 Å². The van der Waals surface area contributed by atoms with Crippen LogP contribution in [0.15, 0.2) is 71.0 Å². The minimum absolute atomic E-state index is 0.0455. The van der Waals surface area contributed by atoms with Crippen LogP contribution in [0.5, 0.6) is 11.5 Å². The summed E-state index contributed by atoms with van der Waals surface area (Å²) >= 11 is 0. The van der Waals surface area contributed by atoms with Gasteiger partial charge in [0.05, 0.1) is 6.26 Å². The molecule has 0 fully saturated rings. The number of fused-ring (bicyclic) bond motifs is 1. The molecule has 3 aromatic rings. The maximum Gasteiger partial charge on any atom is 0.272 e. The van der Waals surface area contributed by atoms with Gasteiger partial charge in [0.1, 0.15) is 11.5 Å². The fourth-order valence-electron chi connectivity index (χ4n) is 2.83. The molecule has 0 saturated heterocycles. The van der Waals surface area contributed by atoms with Gasteiger partial charge < -0.3 is 24.5 Å². The molecule has 2 heterocycles. The molecular formula is C22H18N2O5. The minimum Gasteiger partial charge on any atom is -0.465 e. The summed E-state index contributed by atoms with van der Waals surface area (Å²) in [7, 11) is 0. The van der Waals surface area contributed by atoms with Crippen molar-refractivity contribution in [2.75, 3.05) is 12.1 Å². The van der Waals surface area contributed by atoms with Gasteiger partial charge in [-0.3, -0.25) is 9.59 Å². The predicted molar refractivity (Wildman–Crippen MR) is 107 cm³/mol. The highest BCUT2D eigenvalue weighted by Gasteiger charge is 2.18. The average molecular weight is 390 g/mol. The largest absolute Gasteiger partial charge is 0.465 e. The SMILES string of the molecule is Cc1cccc(C(=O)N/C(=C\c2ccco2)C(=O)Nc2ccc3c(c2)OCO3)c1. The molecule has 1 aromatic heterocycles. The average Bonchev–Trinajstić information content (AvgIpc) is 3.38. The van der Waals surface area contributed by atoms with E-state index in [1.807, 2.05) is 13.0 Å². The predicted octanol–water partition coefficient (Wildman–Crippen LogP) is 3.73. The normalized spacial score (nSPS) is 12.5. The van der Waals surface area contributed by atoms with Crippen molar-refractivity contribution in [1.29, 1.82) is 0 Å². The number of carbonyl (C=O) groups is 2. The van der Waals surface area contributed by atoms with Gasteiger partial charge in [-0.2, -0.15) is 0 Å². The molecule has 2 N–H and O–H groups in total. The summed E-state index contributed by atoms with van der Waals surface area (Å²) in [5.74, 6) is 0.698. The van der Waals surface area contributed by atoms with E-state index >= 15 is 0 Å². The Kier molecular flexibility index (Phi) is 5.03. The van der Waals surface area contributed by atoms with Gasteiger partial charge in [-0.1, -0.05) is 17.7 Å². The van der Waals surface area contributed by atoms with Crippen LogP contribution in [0.2, 0.25) is 0 Å². The highest BCUT2D eigenvalue weighted by Crippen LogP contribution is 2.34. The van der Waals surface area contributed by atoms with E-state index < -0.39 is 11.8 Å². The lowest BCUT2D eigenvalue weighted by Crippen LogP contribution is -2.30. The molecule has 0 spiro atoms. The molecule has 0 atom stereocenters. The van der Waals surface area contributed by atoms with Crippen LogP contribution in [0, 0.1) is 6.92 Å². The van der Waals surface area contributed by atoms with Crippen LogP contribution in [-0.4, -0.2) is 18.6 Å². The Labute approximate surface area is 166 Å². The smallest absolute Gasteiger partial charge is 0.272 e. The van der Waals surface area contributed by atoms with Crippen LogP contribution in [0.3, 0.4) is 0 Å². The first-order valence-electron chi connectivity index (χ1n) is 8.93. The molecule has 29 heavy (non-hydrogen) atoms. The summed E-state index contributed by atoms with van der Waals surface area (Å²) in [5.41, 5.74) is 1.95. The highest BCUT2D eigenvalue weighted by atomic mass is 16.7. The van der Waals surface area contributed by atoms with Crippen molar-refractivity contribution < 1.29 is 23.5 Å². The maximum atomic E-state index is 12.9. The van der Waals surface area contributed by atoms with Crippen molar-refractivity contribution in [1.82, 2.24) is 5.32 Å². The highest BCUT2D eigenvalue weighted by molar-refractivity contribution is 6.10. The lowest BCUT2D eigenvalue weighted by atomic mass is 10.1. The number of furan rings is 1. The van der Waals surface area contributed by atoms with E-state index in [1.54, 1.807) is 48.5 Å². The second-order valence-corrected chi connectivity index (χ2v) is 6.42. The minimum atomic E-state index is -0.499. The van der Waals surface area contributed by atoms with Gasteiger partial charge in [0.25, 0.3) is 11.8 Å². The first kappa shape index (κ1) is 18.4. The number of carbonyl (C=O) groups excluding carboxylic acids is 2. The van der Waals surface area contributed by atoms with Gasteiger partial charge >= 0.3 is 0 Å². The third-order valence-electron chi connectivity index (χ3n) is 4.23. The lowest BCUT2D eigenvalue weighted by molar-refractivity contribution is -0.113. The number of benzene rings is 2. The second kappa shape index (κ2) is 7.93. The number of rotatable bonds is 5. The Bertz CT molecular complexity index is 1090. The van der Waals surface area contributed by atoms with Crippen LogP contribution in [0.4, 0.5) is 5.69 Å². The van der Waals surface area contributed by atoms with Crippen molar-refractivity contribution in [3.05, 3.63) is 83.4 Å². The number of ether oxygens (including phenoxy) is 2. The van der Waals surface area contributed by atoms with Crippen molar-refractivity contribution in [2.45, 2.75) is 6.92 Å². The van der Waals surface area contributed by atoms with E-state index in [4.69, 9.17) is 13.9 Å². The number of aryl methyl sites for hydroxylation is 1. The van der Waals surface area contributed by atoms with E-state index in [-0.39, 0.29) is 12.5 Å². The number of hydrogen-bond acceptors (Lipinski definition) is 5. The monoisotopic (exact) mass is 390 g/mol. The van der Waals surface area contributed by atoms with Crippen LogP contribution in [0.25, 0.3) is 6.08 Å². The molecule has 2 amide bonds. The van der Waals surface area contributed by atoms with Gasteiger partial charge in [0.15, 0.2) is 11.5 Å². The second-order valence-electron chi connectivity index (χ2n) is 6.42. The van der Waals surface area contributed by atoms with E-state index in [0.717, 1.165) is 5.56 Å². The van der Waals surface area contributed by atoms with Gasteiger partial charge in [-0.05, 0) is 43.3 Å². The lowest BCUT2D eigenvalue weighted by Gasteiger charge is -2.11. The quantitative estimate of drug-likeness (QED) is 0.648. The van der Waals surface area contributed by atoms with Gasteiger partial charge in [-0.15, -0.1) is 0 Å². The molecular weight excluding hydrogens is 372 g/mol. The number of anilines is 1. The molecule has 146 valence electrons. The third-order valence-corrected chi connectivity index (χ3v) is 4.23. The molecule has 2 aromatic carbocycles. The topological polar surface area (TPSA) is 89.8 Å². The van der Waals surface area contributed by atoms with Crippen molar-refractivity contribution in [3.63, 3.8) is 0 Å². The molecule has 4 rings (SSSR count). The molecule has 7 nitrogen and oxygen atoms in total. The molecule has 7 heteroatoms. The molecule has 0 unspecified atom stereocenters. The Balaban J connectivity index is 1.57. The van der Waals surface area contributed by atoms with Crippen LogP contribution >= 0.6 is 0 Å². The third kappa shape index (κ3) is 4.30. The molecule has 0 radical (unpaired) electrons. The van der Waals surface area contributed by atoms with Crippen LogP contribution < -0.4 is 20.1 Å². The van der Waals surface area contributed by atoms with Gasteiger partial charge in [-0.25, -0.2) is 0 Å². The van der Waals surface area contributed by atoms with E-state index in [2.05, 4.69) is 10.6 Å². The van der Waals surface area contributed by atoms with Crippen molar-refractivity contribution in [3.8, 4) is 11.5 Å². The van der Waals surface area contributed by atoms with Gasteiger partial charge in [0, 0.05) is 23.4 Å². The Morgan fingerprint density at radius 1 is 1.00 bits per heavy atom. The van der Waals surface area contributed by atoms with Gasteiger partial charge in [0.2, 0.25) is 6.79 Å². The van der Waals surface area contributed by atoms with Crippen molar-refractivity contribution in [2.24, 2.45) is 0 Å². The number of amides is 2. The zero-order chi connectivity index (χ0) is 20.2. The summed E-state index contributed by atoms with van der Waals surface area (Å²) in [6.07, 6.45) is 2.96. The zero-order valence-corrected chi connectivity index (χ0v) is 15.6. The summed E-state index contributed by atoms with van der Waals surface area (Å²) < 4.78 is 15.9. The molecule has 1 aliphatic heterocycles. The summed E-state index contributed by atoms with van der Waals surface area (Å²) in [4.78, 5) is 25.5. The van der Waals surface area contributed by atoms with Crippen molar-refractivity contribution >= 4 is 23.6 Å². The zero-order valence-electron chi connectivity index (χ0n) is 15.6. The number of nitrogens with one attached hydrogen (secondary N) is 2. The summed E-state index contributed by atoms with van der Waals surface area (Å²) in [5, 5.41) is 5.42. The van der Waals surface area contributed by atoms with E-state index in [0.29, 0.717) is 28.5 Å². The van der Waals surface area contributed by atoms with E-state index in [1.165, 1.54) is 12.3 Å². The number of hydrogen-bond donors (Lipinski definition) is 2. The fraction of sp³-hybridized carbons (Fsp3) is 0.0909. The summed E-state index contributed by atoms with van der Waals surface area (Å²) in [6, 6.07) is 15.5. The first-order valence-corrected chi connectivity index (χ1v) is 8.93. The molecule has 0 bridgehead atoms. The Morgan fingerprint density at radius 2 is 1.86 bits per heavy atom. The fourth-order valence-corrected chi connectivity index (χ4v) is 2.83. The van der Waals surface area contributed by atoms with E-state index in [9.17, 15) is 9.59 Å². The molecule has 0 aliphatic carbocycles. The molecule has 1 aliphatic rings. The first-order chi connectivity index (χ1) is 14.1. The van der Waals surface area contributed by atoms with Crippen LogP contribution in [0.1, 0.15) is 21.7 Å². The summed E-state index contributed by atoms with van der Waals surface area (Å²) in [6.45, 7) is 2.03. The Morgan fingerprint density at radius 3 is 2.66 bits per heavy atom. The standard InChI is InChI=1S/C22H18N2O5/c1-14-4-2-5-15(10-14)21(25)24-18(12-17-6-3-9-27-17)22(26)23-16-7-8-19-20(11-16)29-13-28-19/h2-12H,13H2,1H3,(H,23,26)(H,24,25)/b18-12-. The molecule has 0 saturated carbocycles. The maximum absolute atomic E-state index is 12.9. The Hall–Kier alpha value is -4.00.